The average Bonchev–Trinajstić information content (AvgIpc) is 3.00. The van der Waals surface area contributed by atoms with Gasteiger partial charge in [0.05, 0.1) is 22.6 Å². The predicted molar refractivity (Wildman–Crippen MR) is 103 cm³/mol. The Morgan fingerprint density at radius 3 is 2.85 bits per heavy atom. The first-order chi connectivity index (χ1) is 12.5. The molecule has 2 aromatic rings. The number of rotatable bonds is 3. The molecule has 0 bridgehead atoms. The second-order valence-electron chi connectivity index (χ2n) is 6.97. The molecular weight excluding hydrogens is 371 g/mol. The van der Waals surface area contributed by atoms with E-state index in [2.05, 4.69) is 23.3 Å². The SMILES string of the molecule is CN1C[C@@H](C(=O)NCc2ccc(Cl)c(Cl)c2)[C@@H]2COc3ccccc3[C@@H]21. The Kier molecular flexibility index (Phi) is 4.82. The van der Waals surface area contributed by atoms with Crippen LogP contribution in [-0.2, 0) is 11.3 Å². The summed E-state index contributed by atoms with van der Waals surface area (Å²) in [5.41, 5.74) is 2.10. The maximum absolute atomic E-state index is 12.8. The molecule has 2 aliphatic rings. The molecule has 0 aromatic heterocycles. The average molecular weight is 391 g/mol. The van der Waals surface area contributed by atoms with E-state index in [0.717, 1.165) is 17.9 Å². The molecule has 4 rings (SSSR count). The summed E-state index contributed by atoms with van der Waals surface area (Å²) in [7, 11) is 2.08. The Labute approximate surface area is 163 Å². The molecule has 2 aliphatic heterocycles. The Morgan fingerprint density at radius 2 is 2.04 bits per heavy atom. The van der Waals surface area contributed by atoms with Gasteiger partial charge in [0.1, 0.15) is 5.75 Å². The smallest absolute Gasteiger partial charge is 0.225 e. The largest absolute Gasteiger partial charge is 0.493 e. The molecule has 136 valence electrons. The number of hydrogen-bond acceptors (Lipinski definition) is 3. The number of likely N-dealkylation sites (tertiary alicyclic amines) is 1. The number of benzene rings is 2. The van der Waals surface area contributed by atoms with Gasteiger partial charge in [-0.05, 0) is 30.8 Å². The number of amides is 1. The van der Waals surface area contributed by atoms with E-state index < -0.39 is 0 Å². The van der Waals surface area contributed by atoms with Crippen molar-refractivity contribution in [1.82, 2.24) is 10.2 Å². The van der Waals surface area contributed by atoms with Crippen molar-refractivity contribution in [2.45, 2.75) is 12.6 Å². The van der Waals surface area contributed by atoms with Crippen LogP contribution in [0.2, 0.25) is 10.0 Å². The highest BCUT2D eigenvalue weighted by molar-refractivity contribution is 6.42. The molecule has 0 unspecified atom stereocenters. The molecule has 4 nitrogen and oxygen atoms in total. The number of para-hydroxylation sites is 1. The number of nitrogens with one attached hydrogen (secondary N) is 1. The van der Waals surface area contributed by atoms with Gasteiger partial charge in [-0.2, -0.15) is 0 Å². The normalized spacial score (nSPS) is 24.5. The number of carbonyl (C=O) groups excluding carboxylic acids is 1. The van der Waals surface area contributed by atoms with Crippen molar-refractivity contribution in [3.63, 3.8) is 0 Å². The minimum Gasteiger partial charge on any atom is -0.493 e. The maximum Gasteiger partial charge on any atom is 0.225 e. The lowest BCUT2D eigenvalue weighted by Crippen LogP contribution is -2.37. The molecular formula is C20H20Cl2N2O2. The van der Waals surface area contributed by atoms with E-state index in [0.29, 0.717) is 23.2 Å². The summed E-state index contributed by atoms with van der Waals surface area (Å²) < 4.78 is 5.92. The molecule has 1 fully saturated rings. The molecule has 3 atom stereocenters. The Hall–Kier alpha value is -1.75. The van der Waals surface area contributed by atoms with Crippen molar-refractivity contribution in [3.8, 4) is 5.75 Å². The Bertz CT molecular complexity index is 842. The Morgan fingerprint density at radius 1 is 1.23 bits per heavy atom. The fourth-order valence-corrected chi connectivity index (χ4v) is 4.39. The number of halogens is 2. The third-order valence-corrected chi connectivity index (χ3v) is 6.08. The van der Waals surface area contributed by atoms with Crippen molar-refractivity contribution in [2.24, 2.45) is 11.8 Å². The van der Waals surface area contributed by atoms with Crippen LogP contribution < -0.4 is 10.1 Å². The van der Waals surface area contributed by atoms with Crippen LogP contribution in [0.15, 0.2) is 42.5 Å². The molecule has 2 aromatic carbocycles. The molecule has 0 saturated carbocycles. The summed E-state index contributed by atoms with van der Waals surface area (Å²) in [6, 6.07) is 13.7. The van der Waals surface area contributed by atoms with E-state index >= 15 is 0 Å². The van der Waals surface area contributed by atoms with E-state index in [1.165, 1.54) is 5.56 Å². The molecule has 0 spiro atoms. The monoisotopic (exact) mass is 390 g/mol. The van der Waals surface area contributed by atoms with Crippen LogP contribution in [0.4, 0.5) is 0 Å². The molecule has 6 heteroatoms. The summed E-state index contributed by atoms with van der Waals surface area (Å²) >= 11 is 12.0. The van der Waals surface area contributed by atoms with Crippen LogP contribution >= 0.6 is 23.2 Å². The van der Waals surface area contributed by atoms with Crippen molar-refractivity contribution < 1.29 is 9.53 Å². The van der Waals surface area contributed by atoms with Gasteiger partial charge in [-0.3, -0.25) is 9.69 Å². The molecule has 0 radical (unpaired) electrons. The summed E-state index contributed by atoms with van der Waals surface area (Å²) in [5.74, 6) is 1.04. The molecule has 1 N–H and O–H groups in total. The zero-order chi connectivity index (χ0) is 18.3. The molecule has 1 saturated heterocycles. The van der Waals surface area contributed by atoms with Gasteiger partial charge in [-0.25, -0.2) is 0 Å². The maximum atomic E-state index is 12.8. The molecule has 0 aliphatic carbocycles. The second-order valence-corrected chi connectivity index (χ2v) is 7.78. The van der Waals surface area contributed by atoms with E-state index in [4.69, 9.17) is 27.9 Å². The van der Waals surface area contributed by atoms with Crippen LogP contribution in [0.1, 0.15) is 17.2 Å². The molecule has 2 heterocycles. The first-order valence-electron chi connectivity index (χ1n) is 8.68. The number of ether oxygens (including phenoxy) is 1. The van der Waals surface area contributed by atoms with E-state index in [1.807, 2.05) is 24.3 Å². The first-order valence-corrected chi connectivity index (χ1v) is 9.44. The Balaban J connectivity index is 1.47. The van der Waals surface area contributed by atoms with Crippen molar-refractivity contribution >= 4 is 29.1 Å². The highest BCUT2D eigenvalue weighted by Crippen LogP contribution is 2.46. The minimum absolute atomic E-state index is 0.0541. The highest BCUT2D eigenvalue weighted by atomic mass is 35.5. The van der Waals surface area contributed by atoms with Gasteiger partial charge in [-0.1, -0.05) is 47.5 Å². The summed E-state index contributed by atoms with van der Waals surface area (Å²) in [6.45, 7) is 1.72. The fraction of sp³-hybridized carbons (Fsp3) is 0.350. The van der Waals surface area contributed by atoms with Gasteiger partial charge in [0.2, 0.25) is 5.91 Å². The number of nitrogens with zero attached hydrogens (tertiary/aromatic N) is 1. The molecule has 26 heavy (non-hydrogen) atoms. The third kappa shape index (κ3) is 3.18. The lowest BCUT2D eigenvalue weighted by molar-refractivity contribution is -0.126. The van der Waals surface area contributed by atoms with Gasteiger partial charge in [0.25, 0.3) is 0 Å². The zero-order valence-corrected chi connectivity index (χ0v) is 15.9. The van der Waals surface area contributed by atoms with Crippen LogP contribution in [0.3, 0.4) is 0 Å². The highest BCUT2D eigenvalue weighted by Gasteiger charge is 2.47. The standard InChI is InChI=1S/C20H20Cl2N2O2/c1-24-10-14(15-11-26-18-5-3-2-4-13(18)19(15)24)20(25)23-9-12-6-7-16(21)17(22)8-12/h2-8,14-15,19H,9-11H2,1H3,(H,23,25)/t14-,15+,19+/m1/s1. The van der Waals surface area contributed by atoms with E-state index in [1.54, 1.807) is 12.1 Å². The molecule has 1 amide bonds. The van der Waals surface area contributed by atoms with Crippen LogP contribution in [0.25, 0.3) is 0 Å². The van der Waals surface area contributed by atoms with Crippen LogP contribution in [-0.4, -0.2) is 31.0 Å². The number of fused-ring (bicyclic) bond motifs is 3. The number of carbonyl (C=O) groups is 1. The third-order valence-electron chi connectivity index (χ3n) is 5.34. The van der Waals surface area contributed by atoms with Gasteiger partial charge >= 0.3 is 0 Å². The first kappa shape index (κ1) is 17.7. The lowest BCUT2D eigenvalue weighted by Gasteiger charge is -2.32. The second kappa shape index (κ2) is 7.10. The zero-order valence-electron chi connectivity index (χ0n) is 14.4. The van der Waals surface area contributed by atoms with E-state index in [-0.39, 0.29) is 23.8 Å². The predicted octanol–water partition coefficient (Wildman–Crippen LogP) is 3.92. The van der Waals surface area contributed by atoms with Gasteiger partial charge in [-0.15, -0.1) is 0 Å². The van der Waals surface area contributed by atoms with E-state index in [9.17, 15) is 4.79 Å². The summed E-state index contributed by atoms with van der Waals surface area (Å²) in [5, 5.41) is 4.05. The van der Waals surface area contributed by atoms with Crippen molar-refractivity contribution in [2.75, 3.05) is 20.2 Å². The van der Waals surface area contributed by atoms with Crippen LogP contribution in [0, 0.1) is 11.8 Å². The topological polar surface area (TPSA) is 41.6 Å². The fourth-order valence-electron chi connectivity index (χ4n) is 4.07. The van der Waals surface area contributed by atoms with Gasteiger partial charge in [0, 0.05) is 30.6 Å². The van der Waals surface area contributed by atoms with Crippen molar-refractivity contribution in [3.05, 3.63) is 63.6 Å². The summed E-state index contributed by atoms with van der Waals surface area (Å²) in [4.78, 5) is 15.1. The van der Waals surface area contributed by atoms with Gasteiger partial charge < -0.3 is 10.1 Å². The lowest BCUT2D eigenvalue weighted by atomic mass is 9.85. The van der Waals surface area contributed by atoms with Gasteiger partial charge in [0.15, 0.2) is 0 Å². The quantitative estimate of drug-likeness (QED) is 0.863. The number of hydrogen-bond donors (Lipinski definition) is 1. The van der Waals surface area contributed by atoms with Crippen LogP contribution in [0.5, 0.6) is 5.75 Å². The van der Waals surface area contributed by atoms with Crippen molar-refractivity contribution in [1.29, 1.82) is 0 Å². The minimum atomic E-state index is -0.0962. The summed E-state index contributed by atoms with van der Waals surface area (Å²) in [6.07, 6.45) is 0.